The Morgan fingerprint density at radius 1 is 0.449 bits per heavy atom. The molecule has 0 fully saturated rings. The first-order valence-electron chi connectivity index (χ1n) is 15.6. The smallest absolute Gasteiger partial charge is 0.377 e. The topological polar surface area (TPSA) is 76.1 Å². The van der Waals surface area contributed by atoms with Crippen molar-refractivity contribution in [2.45, 2.75) is 6.18 Å². The molecule has 244 valence electrons. The second-order valence-corrected chi connectivity index (χ2v) is 11.7. The minimum Gasteiger partial charge on any atom is -0.377 e. The third-order valence-electron chi connectivity index (χ3n) is 8.34. The number of hydrogen-bond acceptors (Lipinski definition) is 7. The Labute approximate surface area is 281 Å². The molecule has 7 nitrogen and oxygen atoms in total. The highest BCUT2D eigenvalue weighted by Crippen LogP contribution is 2.37. The van der Waals surface area contributed by atoms with Gasteiger partial charge in [0.15, 0.2) is 0 Å². The highest BCUT2D eigenvalue weighted by atomic mass is 19.4. The lowest BCUT2D eigenvalue weighted by Crippen LogP contribution is -2.12. The number of benzene rings is 7. The van der Waals surface area contributed by atoms with Crippen molar-refractivity contribution in [2.24, 2.45) is 10.2 Å². The van der Waals surface area contributed by atoms with Crippen molar-refractivity contribution in [1.82, 2.24) is 0 Å². The fraction of sp³-hybridized carbons (Fsp3) is 0.0769. The first-order valence-corrected chi connectivity index (χ1v) is 15.6. The van der Waals surface area contributed by atoms with Crippen LogP contribution in [0.3, 0.4) is 0 Å². The van der Waals surface area contributed by atoms with E-state index in [1.54, 1.807) is 0 Å². The number of nitrogens with zero attached hydrogens (tertiary/aromatic N) is 3. The molecule has 10 heteroatoms. The molecule has 4 N–H and O–H groups in total. The molecular weight excluding hydrogens is 623 g/mol. The summed E-state index contributed by atoms with van der Waals surface area (Å²) in [6.45, 7) is 0. The van der Waals surface area contributed by atoms with Crippen molar-refractivity contribution in [3.8, 4) is 0 Å². The largest absolute Gasteiger partial charge is 0.416 e. The van der Waals surface area contributed by atoms with E-state index in [1.165, 1.54) is 12.1 Å². The maximum absolute atomic E-state index is 13.0. The molecule has 0 aromatic heterocycles. The van der Waals surface area contributed by atoms with Crippen LogP contribution in [0.1, 0.15) is 5.56 Å². The van der Waals surface area contributed by atoms with Gasteiger partial charge in [-0.2, -0.15) is 13.2 Å². The summed E-state index contributed by atoms with van der Waals surface area (Å²) in [5, 5.41) is 15.3. The van der Waals surface area contributed by atoms with Crippen molar-refractivity contribution in [3.05, 3.63) is 139 Å². The molecule has 0 atom stereocenters. The van der Waals surface area contributed by atoms with Crippen LogP contribution in [-0.4, -0.2) is 14.1 Å². The van der Waals surface area contributed by atoms with Crippen LogP contribution in [0, 0.1) is 0 Å². The number of anilines is 5. The molecule has 0 aliphatic rings. The van der Waals surface area contributed by atoms with Crippen LogP contribution in [0.15, 0.2) is 144 Å². The van der Waals surface area contributed by atoms with Crippen LogP contribution in [-0.2, 0) is 6.18 Å². The molecule has 0 amide bonds. The Bertz CT molecular complexity index is 2320. The van der Waals surface area contributed by atoms with Gasteiger partial charge < -0.3 is 26.6 Å². The molecular formula is C39H32F3N7. The fourth-order valence-electron chi connectivity index (χ4n) is 5.87. The van der Waals surface area contributed by atoms with Crippen molar-refractivity contribution in [3.63, 3.8) is 0 Å². The molecule has 7 rings (SSSR count). The maximum atomic E-state index is 13.0. The normalized spacial score (nSPS) is 11.7. The van der Waals surface area contributed by atoms with E-state index in [-0.39, 0.29) is 0 Å². The van der Waals surface area contributed by atoms with Gasteiger partial charge in [0, 0.05) is 52.1 Å². The van der Waals surface area contributed by atoms with E-state index in [4.69, 9.17) is 5.11 Å². The Kier molecular flexibility index (Phi) is 8.36. The number of hydrazine groups is 2. The molecule has 49 heavy (non-hydrogen) atoms. The predicted octanol–water partition coefficient (Wildman–Crippen LogP) is 11.5. The summed E-state index contributed by atoms with van der Waals surface area (Å²) in [6, 6.07) is 40.8. The first-order chi connectivity index (χ1) is 23.8. The second-order valence-electron chi connectivity index (χ2n) is 11.7. The summed E-state index contributed by atoms with van der Waals surface area (Å²) in [6.07, 6.45) is -4.38. The standard InChI is InChI=1S/C39H32F3N7/c1-49(2)38-24-23-37(31-13-7-8-14-32(31)38)48-47-36-22-21-35(29-11-5-6-12-30(29)36)46-45-34-20-19-33(27-9-3-4-10-28(27)34)44-43-26-17-15-25(16-18-26)39(40,41)42/h3-24,43-46H,1-2H3/b48-47+. The van der Waals surface area contributed by atoms with E-state index in [2.05, 4.69) is 49.9 Å². The number of alkyl halides is 3. The van der Waals surface area contributed by atoms with Crippen LogP contribution >= 0.6 is 0 Å². The third-order valence-corrected chi connectivity index (χ3v) is 8.34. The summed E-state index contributed by atoms with van der Waals surface area (Å²) < 4.78 is 38.9. The molecule has 0 bridgehead atoms. The minimum atomic E-state index is -4.38. The first kappa shape index (κ1) is 31.3. The van der Waals surface area contributed by atoms with Gasteiger partial charge in [-0.15, -0.1) is 10.2 Å². The predicted molar refractivity (Wildman–Crippen MR) is 196 cm³/mol. The molecule has 0 aliphatic carbocycles. The number of rotatable bonds is 9. The summed E-state index contributed by atoms with van der Waals surface area (Å²) in [5.41, 5.74) is 17.8. The van der Waals surface area contributed by atoms with E-state index in [1.807, 2.05) is 105 Å². The van der Waals surface area contributed by atoms with Gasteiger partial charge in [0.1, 0.15) is 0 Å². The summed E-state index contributed by atoms with van der Waals surface area (Å²) >= 11 is 0. The lowest BCUT2D eigenvalue weighted by Gasteiger charge is -2.17. The van der Waals surface area contributed by atoms with Crippen molar-refractivity contribution in [2.75, 3.05) is 40.7 Å². The zero-order chi connectivity index (χ0) is 34.0. The summed E-state index contributed by atoms with van der Waals surface area (Å²) in [5.74, 6) is 0. The molecule has 0 radical (unpaired) electrons. The average Bonchev–Trinajstić information content (AvgIpc) is 3.12. The molecule has 0 aliphatic heterocycles. The molecule has 0 heterocycles. The van der Waals surface area contributed by atoms with E-state index in [0.717, 1.165) is 78.6 Å². The molecule has 0 spiro atoms. The number of azo groups is 1. The van der Waals surface area contributed by atoms with Gasteiger partial charge in [-0.25, -0.2) is 0 Å². The third kappa shape index (κ3) is 6.48. The number of hydrogen-bond donors (Lipinski definition) is 4. The Morgan fingerprint density at radius 2 is 0.857 bits per heavy atom. The highest BCUT2D eigenvalue weighted by Gasteiger charge is 2.29. The van der Waals surface area contributed by atoms with E-state index < -0.39 is 11.7 Å². The van der Waals surface area contributed by atoms with Crippen molar-refractivity contribution >= 4 is 72.1 Å². The Hall–Kier alpha value is -6.29. The van der Waals surface area contributed by atoms with Crippen LogP contribution in [0.4, 0.5) is 53.0 Å². The SMILES string of the molecule is CN(C)c1ccc(/N=N/c2ccc(NNc3ccc(NNc4ccc(C(F)(F)F)cc4)c4ccccc34)c3ccccc23)c2ccccc12. The van der Waals surface area contributed by atoms with Gasteiger partial charge >= 0.3 is 6.18 Å². The van der Waals surface area contributed by atoms with E-state index in [9.17, 15) is 13.2 Å². The summed E-state index contributed by atoms with van der Waals surface area (Å²) in [4.78, 5) is 2.09. The molecule has 7 aromatic carbocycles. The summed E-state index contributed by atoms with van der Waals surface area (Å²) in [7, 11) is 4.06. The second kappa shape index (κ2) is 13.1. The van der Waals surface area contributed by atoms with Gasteiger partial charge in [-0.05, 0) is 60.7 Å². The van der Waals surface area contributed by atoms with Crippen LogP contribution in [0.2, 0.25) is 0 Å². The van der Waals surface area contributed by atoms with Crippen molar-refractivity contribution in [1.29, 1.82) is 0 Å². The number of nitrogens with one attached hydrogen (secondary N) is 4. The number of halogens is 3. The highest BCUT2D eigenvalue weighted by molar-refractivity contribution is 6.04. The molecule has 7 aromatic rings. The Balaban J connectivity index is 1.12. The fourth-order valence-corrected chi connectivity index (χ4v) is 5.87. The van der Waals surface area contributed by atoms with E-state index >= 15 is 0 Å². The lowest BCUT2D eigenvalue weighted by molar-refractivity contribution is -0.137. The Morgan fingerprint density at radius 3 is 1.37 bits per heavy atom. The molecule has 0 saturated heterocycles. The molecule has 0 saturated carbocycles. The minimum absolute atomic E-state index is 0.506. The van der Waals surface area contributed by atoms with Gasteiger partial charge in [-0.3, -0.25) is 0 Å². The number of fused-ring (bicyclic) bond motifs is 3. The van der Waals surface area contributed by atoms with Gasteiger partial charge in [0.05, 0.1) is 39.7 Å². The van der Waals surface area contributed by atoms with E-state index in [0.29, 0.717) is 5.69 Å². The average molecular weight is 656 g/mol. The molecule has 0 unspecified atom stereocenters. The van der Waals surface area contributed by atoms with Crippen LogP contribution < -0.4 is 26.6 Å². The van der Waals surface area contributed by atoms with Crippen LogP contribution in [0.5, 0.6) is 0 Å². The van der Waals surface area contributed by atoms with Gasteiger partial charge in [0.2, 0.25) is 0 Å². The van der Waals surface area contributed by atoms with Crippen LogP contribution in [0.25, 0.3) is 32.3 Å². The quantitative estimate of drug-likeness (QED) is 0.0920. The van der Waals surface area contributed by atoms with Gasteiger partial charge in [-0.1, -0.05) is 72.8 Å². The zero-order valence-corrected chi connectivity index (χ0v) is 26.7. The monoisotopic (exact) mass is 655 g/mol. The lowest BCUT2D eigenvalue weighted by atomic mass is 10.1. The zero-order valence-electron chi connectivity index (χ0n) is 26.7. The van der Waals surface area contributed by atoms with Crippen molar-refractivity contribution < 1.29 is 13.2 Å². The maximum Gasteiger partial charge on any atom is 0.416 e. The van der Waals surface area contributed by atoms with Gasteiger partial charge in [0.25, 0.3) is 0 Å².